The predicted molar refractivity (Wildman–Crippen MR) is 90.7 cm³/mol. The molecule has 24 heavy (non-hydrogen) atoms. The van der Waals surface area contributed by atoms with Gasteiger partial charge in [-0.2, -0.15) is 0 Å². The Morgan fingerprint density at radius 3 is 2.71 bits per heavy atom. The highest BCUT2D eigenvalue weighted by molar-refractivity contribution is 6.31. The van der Waals surface area contributed by atoms with Gasteiger partial charge in [-0.3, -0.25) is 4.79 Å². The summed E-state index contributed by atoms with van der Waals surface area (Å²) >= 11 is 6.00. The van der Waals surface area contributed by atoms with Crippen LogP contribution >= 0.6 is 11.6 Å². The van der Waals surface area contributed by atoms with Crippen LogP contribution < -0.4 is 15.7 Å². The van der Waals surface area contributed by atoms with Crippen molar-refractivity contribution >= 4 is 29.2 Å². The zero-order valence-corrected chi connectivity index (χ0v) is 15.1. The Labute approximate surface area is 147 Å². The SMILES string of the molecule is Cc1c(Cl)cccc1NC(=O)C[C@@H]([NH2+]CCCOC(C)C)C(=O)[O-]. The van der Waals surface area contributed by atoms with Crippen LogP contribution in [0.1, 0.15) is 32.3 Å². The highest BCUT2D eigenvalue weighted by Gasteiger charge is 2.18. The largest absolute Gasteiger partial charge is 0.544 e. The van der Waals surface area contributed by atoms with E-state index in [4.69, 9.17) is 16.3 Å². The number of halogens is 1. The third kappa shape index (κ3) is 7.29. The van der Waals surface area contributed by atoms with Gasteiger partial charge < -0.3 is 25.3 Å². The van der Waals surface area contributed by atoms with Crippen LogP contribution in [0.5, 0.6) is 0 Å². The van der Waals surface area contributed by atoms with Crippen molar-refractivity contribution in [3.8, 4) is 0 Å². The van der Waals surface area contributed by atoms with Gasteiger partial charge in [0.2, 0.25) is 5.91 Å². The molecule has 3 N–H and O–H groups in total. The molecule has 1 atom stereocenters. The fraction of sp³-hybridized carbons (Fsp3) is 0.529. The molecule has 0 fully saturated rings. The van der Waals surface area contributed by atoms with E-state index in [-0.39, 0.29) is 18.4 Å². The number of hydrogen-bond donors (Lipinski definition) is 2. The number of ether oxygens (including phenoxy) is 1. The van der Waals surface area contributed by atoms with Gasteiger partial charge in [0.1, 0.15) is 6.04 Å². The summed E-state index contributed by atoms with van der Waals surface area (Å²) in [5, 5.41) is 16.0. The molecule has 0 saturated heterocycles. The maximum absolute atomic E-state index is 12.1. The van der Waals surface area contributed by atoms with Crippen molar-refractivity contribution in [2.75, 3.05) is 18.5 Å². The lowest BCUT2D eigenvalue weighted by atomic mass is 10.1. The van der Waals surface area contributed by atoms with E-state index < -0.39 is 12.0 Å². The molecule has 6 nitrogen and oxygen atoms in total. The molecule has 1 aromatic rings. The predicted octanol–water partition coefficient (Wildman–Crippen LogP) is 0.474. The number of hydrogen-bond acceptors (Lipinski definition) is 4. The Kier molecular flexibility index (Phi) is 8.74. The van der Waals surface area contributed by atoms with Crippen LogP contribution in [-0.2, 0) is 14.3 Å². The first-order valence-corrected chi connectivity index (χ1v) is 8.39. The molecule has 0 heterocycles. The summed E-state index contributed by atoms with van der Waals surface area (Å²) in [5.74, 6) is -1.64. The summed E-state index contributed by atoms with van der Waals surface area (Å²) < 4.78 is 5.39. The zero-order valence-electron chi connectivity index (χ0n) is 14.3. The summed E-state index contributed by atoms with van der Waals surface area (Å²) in [7, 11) is 0. The van der Waals surface area contributed by atoms with E-state index in [2.05, 4.69) is 5.32 Å². The summed E-state index contributed by atoms with van der Waals surface area (Å²) in [6.45, 7) is 6.78. The van der Waals surface area contributed by atoms with Gasteiger partial charge in [-0.15, -0.1) is 0 Å². The Bertz CT molecular complexity index is 564. The topological polar surface area (TPSA) is 95.1 Å². The molecule has 1 rings (SSSR count). The van der Waals surface area contributed by atoms with Crippen molar-refractivity contribution in [2.24, 2.45) is 0 Å². The van der Waals surface area contributed by atoms with Gasteiger partial charge in [-0.1, -0.05) is 17.7 Å². The Morgan fingerprint density at radius 2 is 2.08 bits per heavy atom. The van der Waals surface area contributed by atoms with Crippen molar-refractivity contribution in [1.29, 1.82) is 0 Å². The smallest absolute Gasteiger partial charge is 0.230 e. The quantitative estimate of drug-likeness (QED) is 0.596. The first-order chi connectivity index (χ1) is 11.3. The van der Waals surface area contributed by atoms with Crippen molar-refractivity contribution in [1.82, 2.24) is 0 Å². The zero-order chi connectivity index (χ0) is 18.1. The van der Waals surface area contributed by atoms with E-state index in [1.165, 1.54) is 0 Å². The van der Waals surface area contributed by atoms with Crippen LogP contribution in [0.2, 0.25) is 5.02 Å². The van der Waals surface area contributed by atoms with Crippen LogP contribution in [0.15, 0.2) is 18.2 Å². The van der Waals surface area contributed by atoms with Gasteiger partial charge in [0.15, 0.2) is 0 Å². The number of quaternary nitrogens is 1. The fourth-order valence-electron chi connectivity index (χ4n) is 2.13. The summed E-state index contributed by atoms with van der Waals surface area (Å²) in [4.78, 5) is 23.3. The van der Waals surface area contributed by atoms with E-state index in [0.717, 1.165) is 5.56 Å². The lowest BCUT2D eigenvalue weighted by molar-refractivity contribution is -0.682. The number of carbonyl (C=O) groups is 2. The second-order valence-electron chi connectivity index (χ2n) is 5.89. The molecule has 7 heteroatoms. The first-order valence-electron chi connectivity index (χ1n) is 8.02. The highest BCUT2D eigenvalue weighted by atomic mass is 35.5. The molecule has 0 spiro atoms. The lowest BCUT2D eigenvalue weighted by Gasteiger charge is -2.17. The molecule has 0 aliphatic heterocycles. The molecule has 0 aliphatic carbocycles. The Morgan fingerprint density at radius 1 is 1.38 bits per heavy atom. The molecule has 0 unspecified atom stereocenters. The number of nitrogens with two attached hydrogens (primary N) is 1. The van der Waals surface area contributed by atoms with Crippen LogP contribution in [0.3, 0.4) is 0 Å². The van der Waals surface area contributed by atoms with E-state index in [9.17, 15) is 14.7 Å². The number of carboxylic acids is 1. The van der Waals surface area contributed by atoms with E-state index in [1.54, 1.807) is 30.4 Å². The minimum Gasteiger partial charge on any atom is -0.544 e. The fourth-order valence-corrected chi connectivity index (χ4v) is 2.30. The molecule has 1 aromatic carbocycles. The summed E-state index contributed by atoms with van der Waals surface area (Å²) in [6, 6.07) is 4.25. The lowest BCUT2D eigenvalue weighted by Crippen LogP contribution is -2.93. The molecule has 134 valence electrons. The van der Waals surface area contributed by atoms with Gasteiger partial charge >= 0.3 is 0 Å². The number of benzene rings is 1. The van der Waals surface area contributed by atoms with Crippen LogP contribution in [0, 0.1) is 6.92 Å². The van der Waals surface area contributed by atoms with E-state index in [1.807, 2.05) is 13.8 Å². The Hall–Kier alpha value is -1.63. The molecule has 0 aromatic heterocycles. The van der Waals surface area contributed by atoms with Gasteiger partial charge in [-0.25, -0.2) is 0 Å². The number of anilines is 1. The van der Waals surface area contributed by atoms with Crippen molar-refractivity contribution in [3.63, 3.8) is 0 Å². The van der Waals surface area contributed by atoms with Crippen molar-refractivity contribution in [3.05, 3.63) is 28.8 Å². The number of amides is 1. The molecular weight excluding hydrogens is 332 g/mol. The van der Waals surface area contributed by atoms with Crippen molar-refractivity contribution in [2.45, 2.75) is 45.8 Å². The number of nitrogens with one attached hydrogen (secondary N) is 1. The van der Waals surface area contributed by atoms with E-state index in [0.29, 0.717) is 30.3 Å². The average molecular weight is 357 g/mol. The van der Waals surface area contributed by atoms with Gasteiger partial charge in [-0.05, 0) is 38.5 Å². The van der Waals surface area contributed by atoms with Crippen LogP contribution in [-0.4, -0.2) is 37.2 Å². The highest BCUT2D eigenvalue weighted by Crippen LogP contribution is 2.22. The number of carbonyl (C=O) groups excluding carboxylic acids is 2. The van der Waals surface area contributed by atoms with E-state index >= 15 is 0 Å². The normalized spacial score (nSPS) is 12.2. The maximum atomic E-state index is 12.1. The summed E-state index contributed by atoms with van der Waals surface area (Å²) in [6.07, 6.45) is 0.685. The van der Waals surface area contributed by atoms with Crippen LogP contribution in [0.25, 0.3) is 0 Å². The standard InChI is InChI=1S/C17H25ClN2O4/c1-11(2)24-9-5-8-19-15(17(22)23)10-16(21)20-14-7-4-6-13(18)12(14)3/h4,6-7,11,15,19H,5,8-10H2,1-3H3,(H,20,21)(H,22,23)/t15-/m1/s1. The number of carboxylic acid groups (broad SMARTS) is 1. The van der Waals surface area contributed by atoms with Crippen LogP contribution in [0.4, 0.5) is 5.69 Å². The Balaban J connectivity index is 2.48. The van der Waals surface area contributed by atoms with Gasteiger partial charge in [0.25, 0.3) is 0 Å². The van der Waals surface area contributed by atoms with Crippen molar-refractivity contribution < 1.29 is 24.7 Å². The minimum atomic E-state index is -1.25. The minimum absolute atomic E-state index is 0.147. The second kappa shape index (κ2) is 10.3. The van der Waals surface area contributed by atoms with Gasteiger partial charge in [0, 0.05) is 17.1 Å². The van der Waals surface area contributed by atoms with Gasteiger partial charge in [0.05, 0.1) is 31.6 Å². The number of aliphatic carboxylic acids is 1. The third-order valence-electron chi connectivity index (χ3n) is 3.50. The number of rotatable bonds is 10. The monoisotopic (exact) mass is 356 g/mol. The molecule has 0 bridgehead atoms. The average Bonchev–Trinajstić information content (AvgIpc) is 2.50. The molecule has 0 saturated carbocycles. The molecule has 1 amide bonds. The molecule has 0 radical (unpaired) electrons. The summed E-state index contributed by atoms with van der Waals surface area (Å²) in [5.41, 5.74) is 1.32. The third-order valence-corrected chi connectivity index (χ3v) is 3.91. The molecular formula is C17H25ClN2O4. The molecule has 0 aliphatic rings. The second-order valence-corrected chi connectivity index (χ2v) is 6.29. The maximum Gasteiger partial charge on any atom is 0.230 e. The first kappa shape index (κ1) is 20.4.